The molecule has 0 aliphatic rings. The van der Waals surface area contributed by atoms with Crippen molar-refractivity contribution in [2.45, 2.75) is 31.6 Å². The highest BCUT2D eigenvalue weighted by Crippen LogP contribution is 2.18. The molecule has 0 fully saturated rings. The molecule has 0 aliphatic carbocycles. The molecule has 0 amide bonds. The van der Waals surface area contributed by atoms with Crippen molar-refractivity contribution in [2.24, 2.45) is 0 Å². The molecule has 0 aliphatic heterocycles. The number of hydrogen-bond donors (Lipinski definition) is 6. The maximum Gasteiger partial charge on any atom is 0.147 e. The number of nitrogens with two attached hydrogens (primary N) is 1. The number of rotatable bonds is 9. The van der Waals surface area contributed by atoms with Crippen LogP contribution in [0.4, 0.5) is 11.5 Å². The second kappa shape index (κ2) is 7.95. The van der Waals surface area contributed by atoms with Gasteiger partial charge >= 0.3 is 0 Å². The third-order valence-electron chi connectivity index (χ3n) is 2.73. The summed E-state index contributed by atoms with van der Waals surface area (Å²) < 4.78 is 1.60. The minimum Gasteiger partial charge on any atom is -0.394 e. The van der Waals surface area contributed by atoms with Crippen LogP contribution >= 0.6 is 0 Å². The van der Waals surface area contributed by atoms with E-state index in [-0.39, 0.29) is 13.2 Å². The lowest BCUT2D eigenvalue weighted by molar-refractivity contribution is 0.0838. The van der Waals surface area contributed by atoms with Crippen LogP contribution in [0, 0.1) is 0 Å². The summed E-state index contributed by atoms with van der Waals surface area (Å²) in [6, 6.07) is 0. The summed E-state index contributed by atoms with van der Waals surface area (Å²) in [5, 5.41) is 43.1. The van der Waals surface area contributed by atoms with Gasteiger partial charge < -0.3 is 31.5 Å². The maximum atomic E-state index is 9.29. The maximum absolute atomic E-state index is 9.29. The van der Waals surface area contributed by atoms with Crippen LogP contribution in [0.2, 0.25) is 0 Å². The fourth-order valence-electron chi connectivity index (χ4n) is 1.57. The number of aromatic nitrogens is 2. The van der Waals surface area contributed by atoms with Gasteiger partial charge in [0, 0.05) is 13.1 Å². The number of anilines is 2. The van der Waals surface area contributed by atoms with Gasteiger partial charge in [-0.05, 0) is 12.8 Å². The second-order valence-electron chi connectivity index (χ2n) is 4.35. The Morgan fingerprint density at radius 2 is 1.84 bits per heavy atom. The smallest absolute Gasteiger partial charge is 0.147 e. The Kier molecular flexibility index (Phi) is 6.57. The van der Waals surface area contributed by atoms with Crippen LogP contribution < -0.4 is 11.1 Å². The highest BCUT2D eigenvalue weighted by molar-refractivity contribution is 5.60. The van der Waals surface area contributed by atoms with Crippen molar-refractivity contribution >= 4 is 11.5 Å². The lowest BCUT2D eigenvalue weighted by Crippen LogP contribution is -2.20. The van der Waals surface area contributed by atoms with Crippen molar-refractivity contribution in [2.75, 3.05) is 30.8 Å². The Labute approximate surface area is 111 Å². The van der Waals surface area contributed by atoms with Gasteiger partial charge in [-0.25, -0.2) is 4.68 Å². The van der Waals surface area contributed by atoms with E-state index in [2.05, 4.69) is 10.4 Å². The normalized spacial score (nSPS) is 14.3. The molecule has 0 bridgehead atoms. The van der Waals surface area contributed by atoms with E-state index >= 15 is 0 Å². The Hall–Kier alpha value is -1.35. The molecule has 19 heavy (non-hydrogen) atoms. The van der Waals surface area contributed by atoms with Crippen molar-refractivity contribution < 1.29 is 20.4 Å². The van der Waals surface area contributed by atoms with E-state index in [0.717, 1.165) is 0 Å². The van der Waals surface area contributed by atoms with Gasteiger partial charge in [-0.1, -0.05) is 0 Å². The van der Waals surface area contributed by atoms with Crippen LogP contribution in [0.3, 0.4) is 0 Å². The number of nitrogens with zero attached hydrogens (tertiary/aromatic N) is 2. The van der Waals surface area contributed by atoms with E-state index in [1.807, 2.05) is 0 Å². The van der Waals surface area contributed by atoms with E-state index in [1.165, 1.54) is 6.20 Å². The van der Waals surface area contributed by atoms with Crippen molar-refractivity contribution in [3.05, 3.63) is 6.20 Å². The Balaban J connectivity index is 2.49. The summed E-state index contributed by atoms with van der Waals surface area (Å²) in [5.74, 6) is 0.607. The average molecular weight is 274 g/mol. The third-order valence-corrected chi connectivity index (χ3v) is 2.73. The SMILES string of the molecule is Nc1cnn(CCC(O)CO)c1NCCC(O)CO. The zero-order chi connectivity index (χ0) is 14.3. The molecule has 8 heteroatoms. The molecule has 0 spiro atoms. The number of nitrogen functional groups attached to an aromatic ring is 1. The molecule has 8 nitrogen and oxygen atoms in total. The summed E-state index contributed by atoms with van der Waals surface area (Å²) in [6.45, 7) is 0.297. The zero-order valence-corrected chi connectivity index (χ0v) is 10.7. The van der Waals surface area contributed by atoms with Gasteiger partial charge in [0.25, 0.3) is 0 Å². The van der Waals surface area contributed by atoms with Crippen LogP contribution in [-0.4, -0.2) is 62.2 Å². The van der Waals surface area contributed by atoms with Gasteiger partial charge in [-0.2, -0.15) is 5.10 Å². The molecular weight excluding hydrogens is 252 g/mol. The summed E-state index contributed by atoms with van der Waals surface area (Å²) in [5.41, 5.74) is 6.23. The van der Waals surface area contributed by atoms with E-state index in [1.54, 1.807) is 4.68 Å². The van der Waals surface area contributed by atoms with Crippen LogP contribution in [-0.2, 0) is 6.54 Å². The Bertz CT molecular complexity index is 372. The Morgan fingerprint density at radius 1 is 1.21 bits per heavy atom. The Morgan fingerprint density at radius 3 is 2.47 bits per heavy atom. The lowest BCUT2D eigenvalue weighted by atomic mass is 10.2. The van der Waals surface area contributed by atoms with Crippen LogP contribution in [0.5, 0.6) is 0 Å². The average Bonchev–Trinajstić information content (AvgIpc) is 2.77. The minimum absolute atomic E-state index is 0.279. The number of hydrogen-bond acceptors (Lipinski definition) is 7. The summed E-state index contributed by atoms with van der Waals surface area (Å²) >= 11 is 0. The zero-order valence-electron chi connectivity index (χ0n) is 10.7. The fourth-order valence-corrected chi connectivity index (χ4v) is 1.57. The molecule has 0 saturated heterocycles. The molecule has 0 aromatic carbocycles. The monoisotopic (exact) mass is 274 g/mol. The molecule has 110 valence electrons. The quantitative estimate of drug-likeness (QED) is 0.318. The molecule has 2 atom stereocenters. The topological polar surface area (TPSA) is 137 Å². The highest BCUT2D eigenvalue weighted by Gasteiger charge is 2.10. The third kappa shape index (κ3) is 5.03. The molecule has 1 aromatic rings. The first-order valence-electron chi connectivity index (χ1n) is 6.21. The van der Waals surface area contributed by atoms with Crippen molar-refractivity contribution in [3.8, 4) is 0 Å². The molecule has 2 unspecified atom stereocenters. The van der Waals surface area contributed by atoms with E-state index in [0.29, 0.717) is 37.4 Å². The molecule has 1 heterocycles. The first-order chi connectivity index (χ1) is 9.08. The van der Waals surface area contributed by atoms with E-state index < -0.39 is 12.2 Å². The molecule has 0 radical (unpaired) electrons. The predicted octanol–water partition coefficient (Wildman–Crippen LogP) is -1.64. The number of aliphatic hydroxyl groups excluding tert-OH is 4. The molecular formula is C11H22N4O4. The van der Waals surface area contributed by atoms with Crippen molar-refractivity contribution in [3.63, 3.8) is 0 Å². The standard InChI is InChI=1S/C11H22N4O4/c12-10-5-14-15(4-2-9(19)7-17)11(10)13-3-1-8(18)6-16/h5,8-9,13,16-19H,1-4,6-7,12H2. The van der Waals surface area contributed by atoms with Crippen LogP contribution in [0.25, 0.3) is 0 Å². The second-order valence-corrected chi connectivity index (χ2v) is 4.35. The van der Waals surface area contributed by atoms with Crippen LogP contribution in [0.1, 0.15) is 12.8 Å². The lowest BCUT2D eigenvalue weighted by Gasteiger charge is -2.13. The van der Waals surface area contributed by atoms with Crippen molar-refractivity contribution in [1.82, 2.24) is 9.78 Å². The van der Waals surface area contributed by atoms with Gasteiger partial charge in [-0.3, -0.25) is 0 Å². The summed E-state index contributed by atoms with van der Waals surface area (Å²) in [7, 11) is 0. The fraction of sp³-hybridized carbons (Fsp3) is 0.727. The molecule has 0 saturated carbocycles. The molecule has 1 aromatic heterocycles. The first-order valence-corrected chi connectivity index (χ1v) is 6.21. The van der Waals surface area contributed by atoms with Crippen LogP contribution in [0.15, 0.2) is 6.20 Å². The van der Waals surface area contributed by atoms with Gasteiger partial charge in [0.2, 0.25) is 0 Å². The first kappa shape index (κ1) is 15.7. The van der Waals surface area contributed by atoms with Gasteiger partial charge in [-0.15, -0.1) is 0 Å². The number of aliphatic hydroxyl groups is 4. The van der Waals surface area contributed by atoms with Gasteiger partial charge in [0.05, 0.1) is 37.3 Å². The molecule has 1 rings (SSSR count). The van der Waals surface area contributed by atoms with Crippen molar-refractivity contribution in [1.29, 1.82) is 0 Å². The largest absolute Gasteiger partial charge is 0.394 e. The highest BCUT2D eigenvalue weighted by atomic mass is 16.3. The number of nitrogens with one attached hydrogen (secondary N) is 1. The van der Waals surface area contributed by atoms with Gasteiger partial charge in [0.15, 0.2) is 0 Å². The number of aryl methyl sites for hydroxylation is 1. The summed E-state index contributed by atoms with van der Waals surface area (Å²) in [4.78, 5) is 0. The minimum atomic E-state index is -0.783. The molecule has 7 N–H and O–H groups in total. The van der Waals surface area contributed by atoms with Gasteiger partial charge in [0.1, 0.15) is 5.82 Å². The van der Waals surface area contributed by atoms with E-state index in [9.17, 15) is 10.2 Å². The summed E-state index contributed by atoms with van der Waals surface area (Å²) in [6.07, 6.45) is 0.707. The van der Waals surface area contributed by atoms with E-state index in [4.69, 9.17) is 15.9 Å². The predicted molar refractivity (Wildman–Crippen MR) is 70.5 cm³/mol.